The molecule has 6 nitrogen and oxygen atoms in total. The van der Waals surface area contributed by atoms with Crippen molar-refractivity contribution in [2.24, 2.45) is 0 Å². The molecule has 0 atom stereocenters. The van der Waals surface area contributed by atoms with Crippen LogP contribution in [0.15, 0.2) is 47.4 Å². The van der Waals surface area contributed by atoms with Gasteiger partial charge in [-0.1, -0.05) is 30.7 Å². The fourth-order valence-corrected chi connectivity index (χ4v) is 4.16. The van der Waals surface area contributed by atoms with Crippen LogP contribution in [-0.2, 0) is 21.4 Å². The summed E-state index contributed by atoms with van der Waals surface area (Å²) in [7, 11) is -2.26. The fourth-order valence-electron chi connectivity index (χ4n) is 2.55. The first-order valence-corrected chi connectivity index (χ1v) is 10.3. The maximum Gasteiger partial charge on any atom is 0.243 e. The maximum absolute atomic E-state index is 12.9. The van der Waals surface area contributed by atoms with Crippen LogP contribution in [-0.4, -0.2) is 38.8 Å². The van der Waals surface area contributed by atoms with Crippen molar-refractivity contribution in [1.29, 1.82) is 0 Å². The van der Waals surface area contributed by atoms with E-state index < -0.39 is 10.0 Å². The number of amides is 1. The Morgan fingerprint density at radius 2 is 1.85 bits per heavy atom. The predicted molar refractivity (Wildman–Crippen MR) is 105 cm³/mol. The van der Waals surface area contributed by atoms with E-state index in [-0.39, 0.29) is 23.9 Å². The van der Waals surface area contributed by atoms with Crippen LogP contribution in [0.5, 0.6) is 5.75 Å². The number of methoxy groups -OCH3 is 1. The van der Waals surface area contributed by atoms with E-state index in [4.69, 9.17) is 16.3 Å². The molecule has 0 radical (unpaired) electrons. The van der Waals surface area contributed by atoms with E-state index in [2.05, 4.69) is 5.32 Å². The van der Waals surface area contributed by atoms with Gasteiger partial charge in [-0.3, -0.25) is 4.79 Å². The molecule has 0 aromatic heterocycles. The SMILES string of the molecule is CCN(CC(=O)NCc1ccc(Cl)cc1)S(=O)(=O)c1ccc(OC)c(C)c1. The molecular weight excluding hydrogens is 388 g/mol. The molecule has 0 aliphatic rings. The van der Waals surface area contributed by atoms with Crippen molar-refractivity contribution in [2.75, 3.05) is 20.2 Å². The molecule has 0 heterocycles. The van der Waals surface area contributed by atoms with Gasteiger partial charge in [0, 0.05) is 18.1 Å². The van der Waals surface area contributed by atoms with Crippen LogP contribution < -0.4 is 10.1 Å². The Balaban J connectivity index is 2.07. The van der Waals surface area contributed by atoms with E-state index in [1.807, 2.05) is 0 Å². The van der Waals surface area contributed by atoms with Crippen LogP contribution in [0.25, 0.3) is 0 Å². The van der Waals surface area contributed by atoms with Crippen molar-refractivity contribution in [3.63, 3.8) is 0 Å². The molecule has 1 N–H and O–H groups in total. The van der Waals surface area contributed by atoms with Gasteiger partial charge >= 0.3 is 0 Å². The van der Waals surface area contributed by atoms with Gasteiger partial charge in [-0.15, -0.1) is 0 Å². The Morgan fingerprint density at radius 1 is 1.19 bits per heavy atom. The largest absolute Gasteiger partial charge is 0.496 e. The molecule has 0 spiro atoms. The molecule has 146 valence electrons. The average molecular weight is 411 g/mol. The normalized spacial score (nSPS) is 11.4. The molecule has 0 saturated carbocycles. The van der Waals surface area contributed by atoms with Crippen LogP contribution in [0, 0.1) is 6.92 Å². The number of nitrogens with one attached hydrogen (secondary N) is 1. The van der Waals surface area contributed by atoms with Crippen molar-refractivity contribution < 1.29 is 17.9 Å². The van der Waals surface area contributed by atoms with Crippen molar-refractivity contribution in [3.05, 3.63) is 58.6 Å². The summed E-state index contributed by atoms with van der Waals surface area (Å²) in [6.45, 7) is 3.70. The molecule has 27 heavy (non-hydrogen) atoms. The standard InChI is InChI=1S/C19H23ClN2O4S/c1-4-22(13-19(23)21-12-15-5-7-16(20)8-6-15)27(24,25)17-9-10-18(26-3)14(2)11-17/h5-11H,4,12-13H2,1-3H3,(H,21,23). The van der Waals surface area contributed by atoms with Crippen LogP contribution in [0.2, 0.25) is 5.02 Å². The molecule has 0 unspecified atom stereocenters. The first-order chi connectivity index (χ1) is 12.8. The second-order valence-corrected chi connectivity index (χ2v) is 8.34. The van der Waals surface area contributed by atoms with Gasteiger partial charge in [-0.2, -0.15) is 4.31 Å². The number of rotatable bonds is 8. The van der Waals surface area contributed by atoms with Crippen molar-refractivity contribution in [1.82, 2.24) is 9.62 Å². The summed E-state index contributed by atoms with van der Waals surface area (Å²) in [4.78, 5) is 12.4. The monoisotopic (exact) mass is 410 g/mol. The predicted octanol–water partition coefficient (Wildman–Crippen LogP) is 2.98. The first kappa shape index (κ1) is 21.2. The number of benzene rings is 2. The van der Waals surface area contributed by atoms with Gasteiger partial charge in [0.1, 0.15) is 5.75 Å². The van der Waals surface area contributed by atoms with E-state index in [0.29, 0.717) is 22.9 Å². The van der Waals surface area contributed by atoms with E-state index in [0.717, 1.165) is 9.87 Å². The number of hydrogen-bond acceptors (Lipinski definition) is 4. The highest BCUT2D eigenvalue weighted by atomic mass is 35.5. The minimum Gasteiger partial charge on any atom is -0.496 e. The van der Waals surface area contributed by atoms with Crippen molar-refractivity contribution in [3.8, 4) is 5.75 Å². The lowest BCUT2D eigenvalue weighted by Gasteiger charge is -2.20. The molecule has 2 rings (SSSR count). The Morgan fingerprint density at radius 3 is 2.41 bits per heavy atom. The van der Waals surface area contributed by atoms with Gasteiger partial charge in [0.2, 0.25) is 15.9 Å². The second-order valence-electron chi connectivity index (χ2n) is 5.97. The van der Waals surface area contributed by atoms with Crippen LogP contribution in [0.4, 0.5) is 0 Å². The highest BCUT2D eigenvalue weighted by Gasteiger charge is 2.25. The number of sulfonamides is 1. The third-order valence-electron chi connectivity index (χ3n) is 4.08. The molecule has 2 aromatic rings. The van der Waals surface area contributed by atoms with E-state index in [9.17, 15) is 13.2 Å². The first-order valence-electron chi connectivity index (χ1n) is 8.44. The van der Waals surface area contributed by atoms with Gasteiger partial charge in [0.05, 0.1) is 18.6 Å². The molecular formula is C19H23ClN2O4S. The van der Waals surface area contributed by atoms with Gasteiger partial charge in [-0.25, -0.2) is 8.42 Å². The third-order valence-corrected chi connectivity index (χ3v) is 6.25. The number of nitrogens with zero attached hydrogens (tertiary/aromatic N) is 1. The number of hydrogen-bond donors (Lipinski definition) is 1. The summed E-state index contributed by atoms with van der Waals surface area (Å²) >= 11 is 5.83. The van der Waals surface area contributed by atoms with Gasteiger partial charge < -0.3 is 10.1 Å². The molecule has 8 heteroatoms. The summed E-state index contributed by atoms with van der Waals surface area (Å²) < 4.78 is 32.0. The number of likely N-dealkylation sites (N-methyl/N-ethyl adjacent to an activating group) is 1. The lowest BCUT2D eigenvalue weighted by Crippen LogP contribution is -2.40. The minimum absolute atomic E-state index is 0.133. The number of carbonyl (C=O) groups excluding carboxylic acids is 1. The fraction of sp³-hybridized carbons (Fsp3) is 0.316. The van der Waals surface area contributed by atoms with E-state index >= 15 is 0 Å². The Bertz CT molecular complexity index is 898. The highest BCUT2D eigenvalue weighted by molar-refractivity contribution is 7.89. The van der Waals surface area contributed by atoms with Gasteiger partial charge in [0.15, 0.2) is 0 Å². The lowest BCUT2D eigenvalue weighted by atomic mass is 10.2. The summed E-state index contributed by atoms with van der Waals surface area (Å²) in [6, 6.07) is 11.7. The van der Waals surface area contributed by atoms with Crippen LogP contribution >= 0.6 is 11.6 Å². The summed E-state index contributed by atoms with van der Waals surface area (Å²) in [5, 5.41) is 3.34. The zero-order chi connectivity index (χ0) is 20.0. The summed E-state index contributed by atoms with van der Waals surface area (Å²) in [5.41, 5.74) is 1.59. The number of halogens is 1. The number of ether oxygens (including phenoxy) is 1. The van der Waals surface area contributed by atoms with Gasteiger partial charge in [-0.05, 0) is 48.4 Å². The second kappa shape index (κ2) is 9.21. The molecule has 2 aromatic carbocycles. The highest BCUT2D eigenvalue weighted by Crippen LogP contribution is 2.23. The molecule has 0 saturated heterocycles. The van der Waals surface area contributed by atoms with Crippen LogP contribution in [0.1, 0.15) is 18.1 Å². The van der Waals surface area contributed by atoms with E-state index in [1.165, 1.54) is 13.2 Å². The number of aryl methyl sites for hydroxylation is 1. The molecule has 0 aliphatic carbocycles. The molecule has 0 fully saturated rings. The molecule has 0 bridgehead atoms. The smallest absolute Gasteiger partial charge is 0.243 e. The topological polar surface area (TPSA) is 75.7 Å². The Hall–Kier alpha value is -2.09. The van der Waals surface area contributed by atoms with Crippen molar-refractivity contribution >= 4 is 27.5 Å². The zero-order valence-corrected chi connectivity index (χ0v) is 17.1. The van der Waals surface area contributed by atoms with Crippen molar-refractivity contribution in [2.45, 2.75) is 25.3 Å². The van der Waals surface area contributed by atoms with E-state index in [1.54, 1.807) is 50.2 Å². The summed E-state index contributed by atoms with van der Waals surface area (Å²) in [5.74, 6) is 0.235. The molecule has 0 aliphatic heterocycles. The minimum atomic E-state index is -3.78. The maximum atomic E-state index is 12.9. The Kier molecular flexibility index (Phi) is 7.24. The van der Waals surface area contributed by atoms with Crippen LogP contribution in [0.3, 0.4) is 0 Å². The van der Waals surface area contributed by atoms with Gasteiger partial charge in [0.25, 0.3) is 0 Å². The molecule has 1 amide bonds. The quantitative estimate of drug-likeness (QED) is 0.725. The lowest BCUT2D eigenvalue weighted by molar-refractivity contribution is -0.121. The summed E-state index contributed by atoms with van der Waals surface area (Å²) in [6.07, 6.45) is 0. The zero-order valence-electron chi connectivity index (χ0n) is 15.5. The Labute approximate surface area is 165 Å². The average Bonchev–Trinajstić information content (AvgIpc) is 2.65. The third kappa shape index (κ3) is 5.45. The number of carbonyl (C=O) groups is 1.